The van der Waals surface area contributed by atoms with Crippen molar-refractivity contribution >= 4 is 140 Å². The van der Waals surface area contributed by atoms with Crippen LogP contribution in [0.4, 0.5) is 51.2 Å². The molecule has 0 spiro atoms. The van der Waals surface area contributed by atoms with Gasteiger partial charge in [-0.25, -0.2) is 0 Å². The summed E-state index contributed by atoms with van der Waals surface area (Å²) in [5, 5.41) is 8.64. The van der Waals surface area contributed by atoms with Gasteiger partial charge < -0.3 is 28.3 Å². The summed E-state index contributed by atoms with van der Waals surface area (Å²) in [6, 6.07) is 99.4. The molecule has 0 N–H and O–H groups in total. The largest absolute Gasteiger partial charge is 0.458 e. The van der Waals surface area contributed by atoms with E-state index in [2.05, 4.69) is 294 Å². The highest BCUT2D eigenvalue weighted by molar-refractivity contribution is 6.99. The number of nitrogens with zero attached hydrogens (tertiary/aromatic N) is 3. The first-order valence-corrected chi connectivity index (χ1v) is 27.6. The Morgan fingerprint density at radius 1 is 0.309 bits per heavy atom. The SMILES string of the molecule is c1ccc(-c2ccccc2N2c3cc4c(cc3B3c5cc6oc7cc(N(c8ccccc8)c8ccccc8)c8ccccc8c7c6cc5Oc5cccc2c53)oc2cc(N(c3ccccc3)c3ccccc3)c3ccccc3c24)cc1. The molecule has 378 valence electrons. The third-order valence-electron chi connectivity index (χ3n) is 16.6. The summed E-state index contributed by atoms with van der Waals surface area (Å²) >= 11 is 0. The summed E-state index contributed by atoms with van der Waals surface area (Å²) in [7, 11) is 0. The van der Waals surface area contributed by atoms with E-state index in [0.29, 0.717) is 0 Å². The smallest absolute Gasteiger partial charge is 0.256 e. The molecule has 2 aromatic heterocycles. The molecule has 17 rings (SSSR count). The molecule has 4 heterocycles. The summed E-state index contributed by atoms with van der Waals surface area (Å²) in [4.78, 5) is 7.12. The Labute approximate surface area is 467 Å². The Bertz CT molecular complexity index is 4910. The van der Waals surface area contributed by atoms with E-state index < -0.39 is 0 Å². The normalized spacial score (nSPS) is 12.5. The van der Waals surface area contributed by atoms with Crippen molar-refractivity contribution < 1.29 is 13.6 Å². The number of ether oxygens (including phenoxy) is 1. The maximum atomic E-state index is 7.29. The van der Waals surface area contributed by atoms with Gasteiger partial charge in [-0.15, -0.1) is 0 Å². The summed E-state index contributed by atoms with van der Waals surface area (Å²) in [6.07, 6.45) is 0. The molecule has 15 aromatic rings. The fourth-order valence-corrected chi connectivity index (χ4v) is 13.2. The molecule has 13 aromatic carbocycles. The van der Waals surface area contributed by atoms with E-state index in [4.69, 9.17) is 13.6 Å². The Balaban J connectivity index is 0.921. The van der Waals surface area contributed by atoms with E-state index in [1.54, 1.807) is 0 Å². The molecule has 0 bridgehead atoms. The molecule has 0 atom stereocenters. The van der Waals surface area contributed by atoms with Crippen LogP contribution in [0.25, 0.3) is 76.5 Å². The maximum absolute atomic E-state index is 7.29. The van der Waals surface area contributed by atoms with Gasteiger partial charge in [0.25, 0.3) is 6.71 Å². The van der Waals surface area contributed by atoms with Gasteiger partial charge in [-0.3, -0.25) is 0 Å². The fourth-order valence-electron chi connectivity index (χ4n) is 13.2. The van der Waals surface area contributed by atoms with Crippen molar-refractivity contribution in [3.8, 4) is 22.6 Å². The van der Waals surface area contributed by atoms with Gasteiger partial charge in [0.05, 0.1) is 17.1 Å². The average molecular weight is 1040 g/mol. The third kappa shape index (κ3) is 6.95. The number of anilines is 9. The van der Waals surface area contributed by atoms with E-state index in [-0.39, 0.29) is 6.71 Å². The van der Waals surface area contributed by atoms with Crippen LogP contribution in [-0.4, -0.2) is 6.71 Å². The van der Waals surface area contributed by atoms with Crippen LogP contribution in [0.15, 0.2) is 288 Å². The van der Waals surface area contributed by atoms with Crippen LogP contribution >= 0.6 is 0 Å². The average Bonchev–Trinajstić information content (AvgIpc) is 3.85. The van der Waals surface area contributed by atoms with Crippen molar-refractivity contribution in [3.63, 3.8) is 0 Å². The number of furan rings is 2. The van der Waals surface area contributed by atoms with Gasteiger partial charge in [0.2, 0.25) is 0 Å². The van der Waals surface area contributed by atoms with E-state index in [1.165, 1.54) is 0 Å². The highest BCUT2D eigenvalue weighted by Gasteiger charge is 2.43. The van der Waals surface area contributed by atoms with E-state index in [9.17, 15) is 0 Å². The van der Waals surface area contributed by atoms with E-state index in [0.717, 1.165) is 156 Å². The standard InChI is InChI=1S/C74H46BN3O3/c1-6-23-47(24-7-1)52-33-20-21-38-61(52)78-62-39-22-40-66-74(62)75(59-43-67-57(41-65(59)78)72-55-36-18-16-34-53(55)63(45-70(72)80-67)76(48-25-8-2-9-26-48)49-27-10-3-11-28-49)60-44-68-58(42-69(60)79-66)73-56-37-19-17-35-54(56)64(46-71(73)81-68)77(50-29-12-4-13-30-50)51-31-14-5-15-32-51/h1-46H. The summed E-state index contributed by atoms with van der Waals surface area (Å²) in [6.45, 7) is -0.247. The van der Waals surface area contributed by atoms with Crippen LogP contribution in [0.2, 0.25) is 0 Å². The number of benzene rings is 13. The number of hydrogen-bond donors (Lipinski definition) is 0. The van der Waals surface area contributed by atoms with Crippen molar-refractivity contribution in [3.05, 3.63) is 279 Å². The molecule has 0 amide bonds. The monoisotopic (exact) mass is 1040 g/mol. The molecule has 2 aliphatic heterocycles. The second-order valence-electron chi connectivity index (χ2n) is 21.1. The fraction of sp³-hybridized carbons (Fsp3) is 0. The second-order valence-corrected chi connectivity index (χ2v) is 21.1. The zero-order valence-electron chi connectivity index (χ0n) is 43.7. The minimum absolute atomic E-state index is 0.247. The van der Waals surface area contributed by atoms with Gasteiger partial charge in [0.15, 0.2) is 0 Å². The van der Waals surface area contributed by atoms with Gasteiger partial charge in [0, 0.05) is 84.1 Å². The van der Waals surface area contributed by atoms with Crippen LogP contribution in [0.5, 0.6) is 11.5 Å². The number of para-hydroxylation sites is 5. The molecular formula is C74H46BN3O3. The molecule has 0 fully saturated rings. The van der Waals surface area contributed by atoms with Gasteiger partial charge in [-0.1, -0.05) is 176 Å². The first-order chi connectivity index (χ1) is 40.2. The van der Waals surface area contributed by atoms with E-state index in [1.807, 2.05) is 0 Å². The molecule has 0 aliphatic carbocycles. The molecule has 2 aliphatic rings. The number of fused-ring (bicyclic) bond motifs is 14. The molecule has 6 nitrogen and oxygen atoms in total. The first kappa shape index (κ1) is 45.3. The Morgan fingerprint density at radius 2 is 0.753 bits per heavy atom. The zero-order chi connectivity index (χ0) is 53.1. The van der Waals surface area contributed by atoms with Crippen LogP contribution in [0, 0.1) is 0 Å². The van der Waals surface area contributed by atoms with E-state index >= 15 is 0 Å². The molecule has 0 unspecified atom stereocenters. The topological polar surface area (TPSA) is 45.2 Å². The quantitative estimate of drug-likeness (QED) is 0.141. The number of hydrogen-bond acceptors (Lipinski definition) is 6. The summed E-state index contributed by atoms with van der Waals surface area (Å²) in [5.41, 5.74) is 18.2. The predicted octanol–water partition coefficient (Wildman–Crippen LogP) is 18.8. The lowest BCUT2D eigenvalue weighted by atomic mass is 9.34. The third-order valence-corrected chi connectivity index (χ3v) is 16.6. The molecule has 7 heteroatoms. The van der Waals surface area contributed by atoms with Crippen LogP contribution in [0.3, 0.4) is 0 Å². The lowest BCUT2D eigenvalue weighted by Gasteiger charge is -2.40. The highest BCUT2D eigenvalue weighted by atomic mass is 16.5. The van der Waals surface area contributed by atoms with Crippen molar-refractivity contribution in [2.75, 3.05) is 14.7 Å². The van der Waals surface area contributed by atoms with Crippen molar-refractivity contribution in [1.82, 2.24) is 0 Å². The summed E-state index contributed by atoms with van der Waals surface area (Å²) in [5.74, 6) is 1.62. The Morgan fingerprint density at radius 3 is 1.30 bits per heavy atom. The molecule has 0 radical (unpaired) electrons. The molecular weight excluding hydrogens is 990 g/mol. The lowest BCUT2D eigenvalue weighted by molar-refractivity contribution is 0.488. The van der Waals surface area contributed by atoms with Crippen LogP contribution in [0.1, 0.15) is 0 Å². The first-order valence-electron chi connectivity index (χ1n) is 27.6. The zero-order valence-corrected chi connectivity index (χ0v) is 43.7. The minimum Gasteiger partial charge on any atom is -0.458 e. The predicted molar refractivity (Wildman–Crippen MR) is 337 cm³/mol. The highest BCUT2D eigenvalue weighted by Crippen LogP contribution is 2.50. The maximum Gasteiger partial charge on any atom is 0.256 e. The molecule has 81 heavy (non-hydrogen) atoms. The lowest BCUT2D eigenvalue weighted by Crippen LogP contribution is -2.59. The second kappa shape index (κ2) is 17.9. The van der Waals surface area contributed by atoms with Crippen LogP contribution in [-0.2, 0) is 0 Å². The molecule has 0 saturated carbocycles. The van der Waals surface area contributed by atoms with Gasteiger partial charge in [-0.2, -0.15) is 0 Å². The molecule has 0 saturated heterocycles. The van der Waals surface area contributed by atoms with Crippen molar-refractivity contribution in [1.29, 1.82) is 0 Å². The Hall–Kier alpha value is -10.8. The van der Waals surface area contributed by atoms with Gasteiger partial charge in [0.1, 0.15) is 33.8 Å². The van der Waals surface area contributed by atoms with Crippen molar-refractivity contribution in [2.24, 2.45) is 0 Å². The van der Waals surface area contributed by atoms with Crippen molar-refractivity contribution in [2.45, 2.75) is 0 Å². The Kier molecular flexibility index (Phi) is 10.0. The summed E-state index contributed by atoms with van der Waals surface area (Å²) < 4.78 is 21.7. The van der Waals surface area contributed by atoms with Crippen LogP contribution < -0.4 is 35.8 Å². The number of rotatable bonds is 8. The van der Waals surface area contributed by atoms with Gasteiger partial charge >= 0.3 is 0 Å². The minimum atomic E-state index is -0.247. The van der Waals surface area contributed by atoms with Gasteiger partial charge in [-0.05, 0) is 124 Å².